The van der Waals surface area contributed by atoms with E-state index in [0.717, 1.165) is 33.6 Å². The Hall–Kier alpha value is -2.84. The third-order valence-electron chi connectivity index (χ3n) is 5.59. The second-order valence-electron chi connectivity index (χ2n) is 9.33. The van der Waals surface area contributed by atoms with Gasteiger partial charge < -0.3 is 0 Å². The lowest BCUT2D eigenvalue weighted by Gasteiger charge is -2.06. The van der Waals surface area contributed by atoms with Crippen LogP contribution in [0, 0.1) is 13.8 Å². The minimum absolute atomic E-state index is 0.0330. The highest BCUT2D eigenvalue weighted by Gasteiger charge is 2.11. The lowest BCUT2D eigenvalue weighted by atomic mass is 10.1. The van der Waals surface area contributed by atoms with Crippen LogP contribution in [0.4, 0.5) is 0 Å². The third kappa shape index (κ3) is 6.68. The van der Waals surface area contributed by atoms with Gasteiger partial charge in [-0.25, -0.2) is 0 Å². The fraction of sp³-hybridized carbons (Fsp3) is 0.357. The van der Waals surface area contributed by atoms with Gasteiger partial charge in [0.2, 0.25) is 0 Å². The zero-order chi connectivity index (χ0) is 26.6. The molecule has 0 aliphatic heterocycles. The van der Waals surface area contributed by atoms with E-state index in [2.05, 4.69) is 86.4 Å². The molecule has 0 bridgehead atoms. The molecule has 0 saturated carbocycles. The molecule has 2 aromatic heterocycles. The third-order valence-corrected chi connectivity index (χ3v) is 7.62. The van der Waals surface area contributed by atoms with E-state index in [0.29, 0.717) is 10.5 Å². The molecule has 0 aliphatic rings. The number of hydrogen-bond acceptors (Lipinski definition) is 4. The number of aromatic nitrogens is 4. The van der Waals surface area contributed by atoms with Crippen LogP contribution in [0.5, 0.6) is 0 Å². The minimum Gasteiger partial charge on any atom is -0.295 e. The summed E-state index contributed by atoms with van der Waals surface area (Å²) >= 11 is 3.68. The molecule has 0 fully saturated rings. The van der Waals surface area contributed by atoms with Gasteiger partial charge in [0, 0.05) is 45.5 Å². The van der Waals surface area contributed by atoms with Crippen LogP contribution in [-0.4, -0.2) is 30.1 Å². The van der Waals surface area contributed by atoms with E-state index in [1.165, 1.54) is 19.2 Å². The number of benzene rings is 2. The van der Waals surface area contributed by atoms with Gasteiger partial charge in [-0.1, -0.05) is 52.0 Å². The lowest BCUT2D eigenvalue weighted by Crippen LogP contribution is -2.12. The van der Waals surface area contributed by atoms with Crippen LogP contribution in [0.1, 0.15) is 38.8 Å². The number of H-pyrrole nitrogens is 2. The van der Waals surface area contributed by atoms with E-state index in [4.69, 9.17) is 0 Å². The molecule has 36 heavy (non-hydrogen) atoms. The van der Waals surface area contributed by atoms with Gasteiger partial charge in [-0.15, -0.1) is 23.5 Å². The number of nitrogens with zero attached hydrogens (tertiary/aromatic N) is 2. The summed E-state index contributed by atoms with van der Waals surface area (Å²) in [5.41, 5.74) is 5.52. The summed E-state index contributed by atoms with van der Waals surface area (Å²) in [6, 6.07) is 16.6. The summed E-state index contributed by atoms with van der Waals surface area (Å²) in [5, 5.41) is 7.33. The maximum atomic E-state index is 11.7. The molecule has 0 aliphatic carbocycles. The molecule has 0 saturated heterocycles. The predicted octanol–water partition coefficient (Wildman–Crippen LogP) is 6.38. The Morgan fingerprint density at radius 3 is 1.14 bits per heavy atom. The number of aryl methyl sites for hydroxylation is 2. The Balaban J connectivity index is 0.000000201. The normalized spacial score (nSPS) is 11.2. The Morgan fingerprint density at radius 2 is 0.917 bits per heavy atom. The molecule has 4 aromatic rings. The zero-order valence-corrected chi connectivity index (χ0v) is 23.9. The molecule has 0 atom stereocenters. The van der Waals surface area contributed by atoms with E-state index in [9.17, 15) is 9.59 Å². The van der Waals surface area contributed by atoms with Crippen molar-refractivity contribution in [3.05, 3.63) is 80.4 Å². The molecular weight excluding hydrogens is 488 g/mol. The maximum Gasteiger partial charge on any atom is 0.269 e. The van der Waals surface area contributed by atoms with Crippen molar-refractivity contribution in [1.29, 1.82) is 0 Å². The maximum absolute atomic E-state index is 11.7. The molecule has 0 amide bonds. The molecule has 2 aromatic carbocycles. The molecule has 4 rings (SSSR count). The van der Waals surface area contributed by atoms with E-state index in [1.807, 2.05) is 37.4 Å². The summed E-state index contributed by atoms with van der Waals surface area (Å²) in [5.74, 6) is 0. The van der Waals surface area contributed by atoms with Crippen LogP contribution in [0.15, 0.2) is 67.9 Å². The van der Waals surface area contributed by atoms with Crippen LogP contribution in [0.25, 0.3) is 22.5 Å². The molecule has 0 spiro atoms. The second kappa shape index (κ2) is 11.9. The molecule has 0 unspecified atom stereocenters. The second-order valence-corrected chi connectivity index (χ2v) is 12.6. The van der Waals surface area contributed by atoms with E-state index < -0.39 is 0 Å². The largest absolute Gasteiger partial charge is 0.295 e. The molecule has 192 valence electrons. The van der Waals surface area contributed by atoms with Crippen LogP contribution < -0.4 is 11.1 Å². The highest BCUT2D eigenvalue weighted by Crippen LogP contribution is 2.27. The predicted molar refractivity (Wildman–Crippen MR) is 154 cm³/mol. The number of hydrogen-bond donors (Lipinski definition) is 2. The van der Waals surface area contributed by atoms with Crippen LogP contribution in [0.2, 0.25) is 0 Å². The van der Waals surface area contributed by atoms with Crippen molar-refractivity contribution in [2.45, 2.75) is 61.8 Å². The van der Waals surface area contributed by atoms with Crippen molar-refractivity contribution in [1.82, 2.24) is 19.6 Å². The summed E-state index contributed by atoms with van der Waals surface area (Å²) in [6.45, 7) is 12.4. The quantitative estimate of drug-likeness (QED) is 0.287. The highest BCUT2D eigenvalue weighted by atomic mass is 32.2. The number of rotatable bonds is 6. The summed E-state index contributed by atoms with van der Waals surface area (Å²) in [4.78, 5) is 25.9. The van der Waals surface area contributed by atoms with Gasteiger partial charge in [-0.05, 0) is 49.2 Å². The molecule has 2 heterocycles. The van der Waals surface area contributed by atoms with E-state index in [1.54, 1.807) is 14.1 Å². The molecule has 8 heteroatoms. The first-order chi connectivity index (χ1) is 17.0. The lowest BCUT2D eigenvalue weighted by molar-refractivity contribution is 0.741. The first kappa shape index (κ1) is 27.7. The van der Waals surface area contributed by atoms with Gasteiger partial charge in [-0.3, -0.25) is 29.2 Å². The van der Waals surface area contributed by atoms with E-state index in [-0.39, 0.29) is 11.1 Å². The van der Waals surface area contributed by atoms with Crippen LogP contribution in [0.3, 0.4) is 0 Å². The van der Waals surface area contributed by atoms with Crippen molar-refractivity contribution in [3.63, 3.8) is 0 Å². The van der Waals surface area contributed by atoms with Crippen molar-refractivity contribution in [2.75, 3.05) is 0 Å². The topological polar surface area (TPSA) is 75.6 Å². The fourth-order valence-corrected chi connectivity index (χ4v) is 5.50. The number of nitrogens with one attached hydrogen (secondary N) is 2. The number of thioether (sulfide) groups is 2. The smallest absolute Gasteiger partial charge is 0.269 e. The first-order valence-corrected chi connectivity index (χ1v) is 13.8. The van der Waals surface area contributed by atoms with Crippen LogP contribution >= 0.6 is 23.5 Å². The zero-order valence-electron chi connectivity index (χ0n) is 22.3. The van der Waals surface area contributed by atoms with Crippen molar-refractivity contribution in [2.24, 2.45) is 14.1 Å². The molecule has 0 radical (unpaired) electrons. The summed E-state index contributed by atoms with van der Waals surface area (Å²) < 4.78 is 3.03. The Labute approximate surface area is 221 Å². The molecule has 2 N–H and O–H groups in total. The average molecular weight is 525 g/mol. The van der Waals surface area contributed by atoms with Gasteiger partial charge in [-0.2, -0.15) is 0 Å². The van der Waals surface area contributed by atoms with Gasteiger partial charge in [0.05, 0.1) is 11.4 Å². The molecular formula is C28H36N4O2S2. The number of aromatic amines is 2. The van der Waals surface area contributed by atoms with Gasteiger partial charge >= 0.3 is 0 Å². The van der Waals surface area contributed by atoms with Crippen LogP contribution in [-0.2, 0) is 14.1 Å². The van der Waals surface area contributed by atoms with Crippen molar-refractivity contribution < 1.29 is 0 Å². The van der Waals surface area contributed by atoms with E-state index >= 15 is 0 Å². The highest BCUT2D eigenvalue weighted by molar-refractivity contribution is 8.00. The summed E-state index contributed by atoms with van der Waals surface area (Å²) in [7, 11) is 3.48. The Morgan fingerprint density at radius 1 is 0.611 bits per heavy atom. The van der Waals surface area contributed by atoms with Gasteiger partial charge in [0.15, 0.2) is 0 Å². The molecule has 6 nitrogen and oxygen atoms in total. The van der Waals surface area contributed by atoms with Gasteiger partial charge in [0.1, 0.15) is 0 Å². The monoisotopic (exact) mass is 524 g/mol. The fourth-order valence-electron chi connectivity index (χ4n) is 3.83. The van der Waals surface area contributed by atoms with Crippen molar-refractivity contribution in [3.8, 4) is 22.5 Å². The Bertz CT molecular complexity index is 1300. The standard InChI is InChI=1S/2C14H18N2OS/c2*1-9(2)18-12-7-5-11(6-8-12)13-10(3)14(17)16(4)15-13/h2*5-9,15H,1-4H3. The average Bonchev–Trinajstić information content (AvgIpc) is 3.24. The summed E-state index contributed by atoms with van der Waals surface area (Å²) in [6.07, 6.45) is 0. The van der Waals surface area contributed by atoms with Crippen molar-refractivity contribution >= 4 is 23.5 Å². The SMILES string of the molecule is Cc1c(-c2ccc(SC(C)C)cc2)[nH]n(C)c1=O.Cc1c(-c2ccc(SC(C)C)cc2)[nH]n(C)c1=O. The first-order valence-electron chi connectivity index (χ1n) is 12.0. The Kier molecular flexibility index (Phi) is 9.19. The van der Waals surface area contributed by atoms with Gasteiger partial charge in [0.25, 0.3) is 11.1 Å². The minimum atomic E-state index is 0.0330.